The molecule has 8 heteroatoms. The molecule has 0 saturated heterocycles. The minimum absolute atomic E-state index is 0.0792. The first-order chi connectivity index (χ1) is 15.6. The van der Waals surface area contributed by atoms with Gasteiger partial charge in [-0.1, -0.05) is 25.1 Å². The largest absolute Gasteiger partial charge is 0.481 e. The lowest BCUT2D eigenvalue weighted by Gasteiger charge is -2.17. The Labute approximate surface area is 185 Å². The van der Waals surface area contributed by atoms with Crippen molar-refractivity contribution in [3.8, 4) is 17.3 Å². The van der Waals surface area contributed by atoms with E-state index in [1.54, 1.807) is 12.4 Å². The monoisotopic (exact) mass is 431 g/mol. The molecule has 0 aliphatic rings. The van der Waals surface area contributed by atoms with Crippen molar-refractivity contribution >= 4 is 23.0 Å². The minimum atomic E-state index is -0.810. The number of imidazole rings is 1. The molecule has 0 spiro atoms. The molecular weight excluding hydrogens is 406 g/mol. The fraction of sp³-hybridized carbons (Fsp3) is 0.250. The van der Waals surface area contributed by atoms with E-state index in [0.717, 1.165) is 34.6 Å². The van der Waals surface area contributed by atoms with Gasteiger partial charge in [0.1, 0.15) is 5.65 Å². The Morgan fingerprint density at radius 3 is 2.69 bits per heavy atom. The zero-order chi connectivity index (χ0) is 22.5. The van der Waals surface area contributed by atoms with Crippen molar-refractivity contribution in [1.82, 2.24) is 19.4 Å². The Kier molecular flexibility index (Phi) is 6.30. The maximum Gasteiger partial charge on any atom is 0.316 e. The van der Waals surface area contributed by atoms with Crippen LogP contribution < -0.4 is 10.1 Å². The number of rotatable bonds is 9. The molecule has 4 aromatic rings. The van der Waals surface area contributed by atoms with E-state index in [4.69, 9.17) is 9.72 Å². The normalized spacial score (nSPS) is 11.9. The number of fused-ring (bicyclic) bond motifs is 1. The van der Waals surface area contributed by atoms with Gasteiger partial charge in [-0.15, -0.1) is 0 Å². The standard InChI is InChI=1S/C24H25N5O3/c1-3-16(12-23(30)31)17-8-9-19(21-15-29-10-6-5-7-22(29)28-21)20(11-17)27-18-13-25-24(26-14-18)32-4-2/h5-11,13-16,27H,3-4,12H2,1-2H3,(H,30,31)/t16-/m1/s1. The van der Waals surface area contributed by atoms with E-state index in [-0.39, 0.29) is 12.3 Å². The van der Waals surface area contributed by atoms with Crippen LogP contribution in [0, 0.1) is 0 Å². The zero-order valence-corrected chi connectivity index (χ0v) is 18.0. The molecule has 8 nitrogen and oxygen atoms in total. The number of anilines is 2. The summed E-state index contributed by atoms with van der Waals surface area (Å²) in [5.74, 6) is -0.893. The number of nitrogens with one attached hydrogen (secondary N) is 1. The number of carboxylic acid groups (broad SMARTS) is 1. The predicted molar refractivity (Wildman–Crippen MR) is 122 cm³/mol. The molecule has 0 amide bonds. The number of hydrogen-bond donors (Lipinski definition) is 2. The first kappa shape index (κ1) is 21.3. The van der Waals surface area contributed by atoms with Gasteiger partial charge in [0.25, 0.3) is 0 Å². The van der Waals surface area contributed by atoms with Crippen LogP contribution in [0.3, 0.4) is 0 Å². The molecule has 0 bridgehead atoms. The van der Waals surface area contributed by atoms with E-state index in [2.05, 4.69) is 15.3 Å². The molecule has 1 atom stereocenters. The summed E-state index contributed by atoms with van der Waals surface area (Å²) in [6.07, 6.45) is 8.05. The predicted octanol–water partition coefficient (Wildman–Crippen LogP) is 4.90. The summed E-state index contributed by atoms with van der Waals surface area (Å²) in [5, 5.41) is 12.7. The minimum Gasteiger partial charge on any atom is -0.481 e. The number of nitrogens with zero attached hydrogens (tertiary/aromatic N) is 4. The van der Waals surface area contributed by atoms with Crippen molar-refractivity contribution in [2.45, 2.75) is 32.6 Å². The van der Waals surface area contributed by atoms with Gasteiger partial charge in [0.2, 0.25) is 0 Å². The van der Waals surface area contributed by atoms with Crippen molar-refractivity contribution in [1.29, 1.82) is 0 Å². The number of carbonyl (C=O) groups is 1. The van der Waals surface area contributed by atoms with E-state index >= 15 is 0 Å². The second-order valence-electron chi connectivity index (χ2n) is 7.41. The highest BCUT2D eigenvalue weighted by Crippen LogP contribution is 2.34. The Hall–Kier alpha value is -3.94. The molecule has 0 aliphatic carbocycles. The van der Waals surface area contributed by atoms with Crippen LogP contribution in [0.15, 0.2) is 61.2 Å². The molecule has 0 radical (unpaired) electrons. The average Bonchev–Trinajstić information content (AvgIpc) is 3.23. The van der Waals surface area contributed by atoms with Gasteiger partial charge in [0.05, 0.1) is 36.8 Å². The topological polar surface area (TPSA) is 102 Å². The van der Waals surface area contributed by atoms with E-state index in [1.165, 1.54) is 0 Å². The highest BCUT2D eigenvalue weighted by molar-refractivity contribution is 5.80. The highest BCUT2D eigenvalue weighted by atomic mass is 16.5. The molecule has 0 aliphatic heterocycles. The lowest BCUT2D eigenvalue weighted by atomic mass is 9.91. The van der Waals surface area contributed by atoms with Crippen LogP contribution in [-0.4, -0.2) is 37.0 Å². The SMILES string of the molecule is CCOc1ncc(Nc2cc([C@H](CC)CC(=O)O)ccc2-c2cn3ccccc3n2)cn1. The van der Waals surface area contributed by atoms with Gasteiger partial charge in [-0.05, 0) is 43.0 Å². The van der Waals surface area contributed by atoms with Crippen LogP contribution in [0.25, 0.3) is 16.9 Å². The number of benzene rings is 1. The van der Waals surface area contributed by atoms with E-state index < -0.39 is 5.97 Å². The fourth-order valence-electron chi connectivity index (χ4n) is 3.66. The van der Waals surface area contributed by atoms with E-state index in [1.807, 2.05) is 67.0 Å². The molecule has 0 saturated carbocycles. The Morgan fingerprint density at radius 1 is 1.19 bits per heavy atom. The summed E-state index contributed by atoms with van der Waals surface area (Å²) in [5.41, 5.74) is 5.01. The molecule has 164 valence electrons. The lowest BCUT2D eigenvalue weighted by molar-refractivity contribution is -0.137. The highest BCUT2D eigenvalue weighted by Gasteiger charge is 2.17. The molecule has 2 N–H and O–H groups in total. The molecule has 3 heterocycles. The van der Waals surface area contributed by atoms with Gasteiger partial charge >= 0.3 is 12.0 Å². The van der Waals surface area contributed by atoms with Crippen LogP contribution in [0.2, 0.25) is 0 Å². The average molecular weight is 431 g/mol. The molecule has 1 aromatic carbocycles. The zero-order valence-electron chi connectivity index (χ0n) is 18.0. The molecule has 0 fully saturated rings. The van der Waals surface area contributed by atoms with E-state index in [0.29, 0.717) is 18.3 Å². The quantitative estimate of drug-likeness (QED) is 0.388. The lowest BCUT2D eigenvalue weighted by Crippen LogP contribution is -2.06. The molecule has 32 heavy (non-hydrogen) atoms. The van der Waals surface area contributed by atoms with Crippen molar-refractivity contribution in [2.75, 3.05) is 11.9 Å². The second kappa shape index (κ2) is 9.47. The van der Waals surface area contributed by atoms with Crippen LogP contribution >= 0.6 is 0 Å². The van der Waals surface area contributed by atoms with Crippen LogP contribution in [-0.2, 0) is 4.79 Å². The number of hydrogen-bond acceptors (Lipinski definition) is 6. The Balaban J connectivity index is 1.75. The molecule has 4 rings (SSSR count). The van der Waals surface area contributed by atoms with Crippen molar-refractivity contribution in [2.24, 2.45) is 0 Å². The molecular formula is C24H25N5O3. The van der Waals surface area contributed by atoms with Gasteiger partial charge in [0, 0.05) is 23.6 Å². The summed E-state index contributed by atoms with van der Waals surface area (Å²) in [4.78, 5) is 24.5. The summed E-state index contributed by atoms with van der Waals surface area (Å²) < 4.78 is 7.29. The number of ether oxygens (including phenoxy) is 1. The van der Waals surface area contributed by atoms with Gasteiger partial charge in [-0.2, -0.15) is 0 Å². The summed E-state index contributed by atoms with van der Waals surface area (Å²) >= 11 is 0. The van der Waals surface area contributed by atoms with Crippen LogP contribution in [0.4, 0.5) is 11.4 Å². The molecule has 3 aromatic heterocycles. The van der Waals surface area contributed by atoms with Crippen molar-refractivity contribution in [3.63, 3.8) is 0 Å². The maximum atomic E-state index is 11.3. The number of aliphatic carboxylic acids is 1. The maximum absolute atomic E-state index is 11.3. The summed E-state index contributed by atoms with van der Waals surface area (Å²) in [7, 11) is 0. The first-order valence-corrected chi connectivity index (χ1v) is 10.6. The number of carboxylic acids is 1. The summed E-state index contributed by atoms with van der Waals surface area (Å²) in [6.45, 7) is 4.37. The van der Waals surface area contributed by atoms with Crippen LogP contribution in [0.5, 0.6) is 6.01 Å². The van der Waals surface area contributed by atoms with E-state index in [9.17, 15) is 9.90 Å². The summed E-state index contributed by atoms with van der Waals surface area (Å²) in [6, 6.07) is 12.1. The first-order valence-electron chi connectivity index (χ1n) is 10.6. The van der Waals surface area contributed by atoms with Gasteiger partial charge in [-0.25, -0.2) is 15.0 Å². The number of pyridine rings is 1. The Bertz CT molecular complexity index is 1190. The van der Waals surface area contributed by atoms with Gasteiger partial charge < -0.3 is 19.6 Å². The number of aromatic nitrogens is 4. The van der Waals surface area contributed by atoms with Gasteiger partial charge in [-0.3, -0.25) is 4.79 Å². The third-order valence-corrected chi connectivity index (χ3v) is 5.25. The Morgan fingerprint density at radius 2 is 2.00 bits per heavy atom. The molecule has 0 unspecified atom stereocenters. The smallest absolute Gasteiger partial charge is 0.316 e. The van der Waals surface area contributed by atoms with Crippen molar-refractivity contribution in [3.05, 3.63) is 66.7 Å². The van der Waals surface area contributed by atoms with Crippen molar-refractivity contribution < 1.29 is 14.6 Å². The van der Waals surface area contributed by atoms with Gasteiger partial charge in [0.15, 0.2) is 0 Å². The fourth-order valence-corrected chi connectivity index (χ4v) is 3.66. The third kappa shape index (κ3) is 4.69. The second-order valence-corrected chi connectivity index (χ2v) is 7.41. The third-order valence-electron chi connectivity index (χ3n) is 5.25. The van der Waals surface area contributed by atoms with Crippen LogP contribution in [0.1, 0.15) is 38.2 Å².